The van der Waals surface area contributed by atoms with Gasteiger partial charge >= 0.3 is 0 Å². The molecule has 0 unspecified atom stereocenters. The quantitative estimate of drug-likeness (QED) is 0.567. The Labute approximate surface area is 206 Å². The van der Waals surface area contributed by atoms with Gasteiger partial charge in [-0.15, -0.1) is 0 Å². The minimum absolute atomic E-state index is 0.0118. The molecule has 2 N–H and O–H groups in total. The molecule has 35 heavy (non-hydrogen) atoms. The van der Waals surface area contributed by atoms with Crippen LogP contribution in [0.15, 0.2) is 54.9 Å². The molecule has 2 aliphatic heterocycles. The minimum atomic E-state index is -0.392. The summed E-state index contributed by atoms with van der Waals surface area (Å²) in [6.45, 7) is 4.64. The number of fused-ring (bicyclic) bond motifs is 2. The topological polar surface area (TPSA) is 87.2 Å². The Kier molecular flexibility index (Phi) is 6.41. The standard InChI is InChI=1S/C28H33N5O2/c1-19-11-12-23-22(15-19)27(31-18-30-23)29-14-13-26(35)33-21(16-20-7-4-3-5-8-20)17-28(2)24(33)9-6-10-25(34)32-28/h3-5,7-8,11-12,15,18,21,24H,6,9-10,13-14,16-17H2,1-2H3,(H,32,34)(H,29,30,31)/t21-,24+,28+/m1/s1. The number of rotatable bonds is 6. The van der Waals surface area contributed by atoms with Crippen molar-refractivity contribution in [1.29, 1.82) is 0 Å². The summed E-state index contributed by atoms with van der Waals surface area (Å²) in [6, 6.07) is 16.5. The first-order valence-electron chi connectivity index (χ1n) is 12.5. The molecule has 5 rings (SSSR count). The number of benzene rings is 2. The van der Waals surface area contributed by atoms with Gasteiger partial charge in [0.15, 0.2) is 0 Å². The Bertz CT molecular complexity index is 1230. The zero-order valence-corrected chi connectivity index (χ0v) is 20.5. The second kappa shape index (κ2) is 9.64. The van der Waals surface area contributed by atoms with Crippen molar-refractivity contribution in [3.63, 3.8) is 0 Å². The first kappa shape index (κ1) is 23.3. The van der Waals surface area contributed by atoms with Gasteiger partial charge in [-0.3, -0.25) is 9.59 Å². The smallest absolute Gasteiger partial charge is 0.224 e. The van der Waals surface area contributed by atoms with E-state index in [2.05, 4.69) is 50.6 Å². The average Bonchev–Trinajstić information content (AvgIpc) is 3.01. The average molecular weight is 472 g/mol. The maximum absolute atomic E-state index is 13.7. The van der Waals surface area contributed by atoms with Crippen LogP contribution in [0.4, 0.5) is 5.82 Å². The first-order valence-corrected chi connectivity index (χ1v) is 12.5. The lowest BCUT2D eigenvalue weighted by Gasteiger charge is -2.35. The molecule has 1 aromatic heterocycles. The van der Waals surface area contributed by atoms with E-state index in [1.807, 2.05) is 37.3 Å². The molecule has 0 radical (unpaired) electrons. The third-order valence-corrected chi connectivity index (χ3v) is 7.45. The number of nitrogens with one attached hydrogen (secondary N) is 2. The molecule has 3 aromatic rings. The summed E-state index contributed by atoms with van der Waals surface area (Å²) in [7, 11) is 0. The van der Waals surface area contributed by atoms with Crippen LogP contribution in [0, 0.1) is 6.92 Å². The highest BCUT2D eigenvalue weighted by Crippen LogP contribution is 2.39. The van der Waals surface area contributed by atoms with E-state index in [0.717, 1.165) is 48.0 Å². The molecule has 0 aliphatic carbocycles. The van der Waals surface area contributed by atoms with Gasteiger partial charge < -0.3 is 15.5 Å². The van der Waals surface area contributed by atoms with E-state index in [-0.39, 0.29) is 23.9 Å². The summed E-state index contributed by atoms with van der Waals surface area (Å²) in [5.74, 6) is 0.966. The minimum Gasteiger partial charge on any atom is -0.369 e. The summed E-state index contributed by atoms with van der Waals surface area (Å²) in [4.78, 5) is 36.9. The van der Waals surface area contributed by atoms with Crippen molar-refractivity contribution in [1.82, 2.24) is 20.2 Å². The number of nitrogens with zero attached hydrogens (tertiary/aromatic N) is 3. The van der Waals surface area contributed by atoms with E-state index in [4.69, 9.17) is 0 Å². The normalized spacial score (nSPS) is 24.1. The van der Waals surface area contributed by atoms with Gasteiger partial charge in [0.25, 0.3) is 0 Å². The first-order chi connectivity index (χ1) is 16.9. The highest BCUT2D eigenvalue weighted by molar-refractivity contribution is 5.89. The van der Waals surface area contributed by atoms with Crippen molar-refractivity contribution in [2.75, 3.05) is 11.9 Å². The van der Waals surface area contributed by atoms with Crippen LogP contribution in [0.5, 0.6) is 0 Å². The fourth-order valence-electron chi connectivity index (χ4n) is 5.88. The molecule has 7 nitrogen and oxygen atoms in total. The molecule has 182 valence electrons. The molecule has 2 saturated heterocycles. The van der Waals surface area contributed by atoms with E-state index in [1.165, 1.54) is 5.56 Å². The van der Waals surface area contributed by atoms with Gasteiger partial charge in [-0.25, -0.2) is 9.97 Å². The van der Waals surface area contributed by atoms with Crippen LogP contribution >= 0.6 is 0 Å². The number of aryl methyl sites for hydroxylation is 1. The number of carbonyl (C=O) groups excluding carboxylic acids is 2. The van der Waals surface area contributed by atoms with Crippen molar-refractivity contribution in [3.8, 4) is 0 Å². The highest BCUT2D eigenvalue weighted by Gasteiger charge is 2.52. The highest BCUT2D eigenvalue weighted by atomic mass is 16.2. The Morgan fingerprint density at radius 1 is 1.20 bits per heavy atom. The predicted octanol–water partition coefficient (Wildman–Crippen LogP) is 4.01. The van der Waals surface area contributed by atoms with E-state index in [0.29, 0.717) is 19.4 Å². The van der Waals surface area contributed by atoms with E-state index in [1.54, 1.807) is 6.33 Å². The number of hydrogen-bond donors (Lipinski definition) is 2. The molecule has 0 spiro atoms. The number of amides is 2. The third kappa shape index (κ3) is 4.85. The molecular formula is C28H33N5O2. The van der Waals surface area contributed by atoms with Crippen LogP contribution in [0.25, 0.3) is 10.9 Å². The van der Waals surface area contributed by atoms with Gasteiger partial charge in [-0.05, 0) is 57.2 Å². The van der Waals surface area contributed by atoms with Crippen molar-refractivity contribution < 1.29 is 9.59 Å². The van der Waals surface area contributed by atoms with Crippen molar-refractivity contribution in [2.24, 2.45) is 0 Å². The summed E-state index contributed by atoms with van der Waals surface area (Å²) in [5.41, 5.74) is 2.84. The van der Waals surface area contributed by atoms with Gasteiger partial charge in [0, 0.05) is 30.8 Å². The van der Waals surface area contributed by atoms with Crippen LogP contribution in [-0.4, -0.2) is 50.8 Å². The fourth-order valence-corrected chi connectivity index (χ4v) is 5.88. The van der Waals surface area contributed by atoms with Crippen molar-refractivity contribution in [2.45, 2.75) is 70.0 Å². The molecule has 0 bridgehead atoms. The lowest BCUT2D eigenvalue weighted by atomic mass is 9.88. The number of anilines is 1. The van der Waals surface area contributed by atoms with Crippen LogP contribution in [0.1, 0.15) is 50.2 Å². The maximum atomic E-state index is 13.7. The van der Waals surface area contributed by atoms with Gasteiger partial charge in [0.2, 0.25) is 11.8 Å². The number of aromatic nitrogens is 2. The SMILES string of the molecule is Cc1ccc2ncnc(NCCC(=O)N3[C@H](Cc4ccccc4)C[C@]4(C)NC(=O)CCC[C@H]34)c2c1. The maximum Gasteiger partial charge on any atom is 0.224 e. The Hall–Kier alpha value is -3.48. The second-order valence-electron chi connectivity index (χ2n) is 10.1. The largest absolute Gasteiger partial charge is 0.369 e. The number of hydrogen-bond acceptors (Lipinski definition) is 5. The van der Waals surface area contributed by atoms with Crippen LogP contribution < -0.4 is 10.6 Å². The summed E-state index contributed by atoms with van der Waals surface area (Å²) in [5, 5.41) is 7.59. The Morgan fingerprint density at radius 3 is 2.86 bits per heavy atom. The third-order valence-electron chi connectivity index (χ3n) is 7.45. The molecule has 7 heteroatoms. The molecular weight excluding hydrogens is 438 g/mol. The van der Waals surface area contributed by atoms with Crippen molar-refractivity contribution >= 4 is 28.5 Å². The molecule has 3 heterocycles. The molecule has 0 saturated carbocycles. The number of likely N-dealkylation sites (tertiary alicyclic amines) is 1. The second-order valence-corrected chi connectivity index (χ2v) is 10.1. The fraction of sp³-hybridized carbons (Fsp3) is 0.429. The zero-order chi connectivity index (χ0) is 24.4. The van der Waals surface area contributed by atoms with Crippen molar-refractivity contribution in [3.05, 3.63) is 66.0 Å². The van der Waals surface area contributed by atoms with Gasteiger partial charge in [0.05, 0.1) is 17.1 Å². The van der Waals surface area contributed by atoms with Crippen LogP contribution in [0.3, 0.4) is 0 Å². The Morgan fingerprint density at radius 2 is 2.03 bits per heavy atom. The van der Waals surface area contributed by atoms with Crippen LogP contribution in [-0.2, 0) is 16.0 Å². The molecule has 2 aromatic carbocycles. The molecule has 2 aliphatic rings. The van der Waals surface area contributed by atoms with Gasteiger partial charge in [-0.2, -0.15) is 0 Å². The number of carbonyl (C=O) groups is 2. The van der Waals surface area contributed by atoms with Gasteiger partial charge in [-0.1, -0.05) is 42.0 Å². The molecule has 3 atom stereocenters. The van der Waals surface area contributed by atoms with E-state index < -0.39 is 5.54 Å². The summed E-state index contributed by atoms with van der Waals surface area (Å²) in [6.07, 6.45) is 5.65. The zero-order valence-electron chi connectivity index (χ0n) is 20.5. The van der Waals surface area contributed by atoms with Gasteiger partial charge in [0.1, 0.15) is 12.1 Å². The predicted molar refractivity (Wildman–Crippen MR) is 137 cm³/mol. The lowest BCUT2D eigenvalue weighted by molar-refractivity contribution is -0.134. The van der Waals surface area contributed by atoms with E-state index >= 15 is 0 Å². The summed E-state index contributed by atoms with van der Waals surface area (Å²) >= 11 is 0. The monoisotopic (exact) mass is 471 g/mol. The van der Waals surface area contributed by atoms with E-state index in [9.17, 15) is 9.59 Å². The Balaban J connectivity index is 1.34. The molecule has 2 fully saturated rings. The summed E-state index contributed by atoms with van der Waals surface area (Å²) < 4.78 is 0. The lowest BCUT2D eigenvalue weighted by Crippen LogP contribution is -2.54. The van der Waals surface area contributed by atoms with Crippen LogP contribution in [0.2, 0.25) is 0 Å². The molecule has 2 amide bonds.